The minimum atomic E-state index is -0.983. The van der Waals surface area contributed by atoms with E-state index in [9.17, 15) is 14.4 Å². The van der Waals surface area contributed by atoms with Crippen molar-refractivity contribution in [2.45, 2.75) is 12.8 Å². The second-order valence-electron chi connectivity index (χ2n) is 4.55. The van der Waals surface area contributed by atoms with Crippen LogP contribution in [0.3, 0.4) is 0 Å². The lowest BCUT2D eigenvalue weighted by Gasteiger charge is -2.26. The molecular weight excluding hydrogens is 355 g/mol. The van der Waals surface area contributed by atoms with Crippen molar-refractivity contribution >= 4 is 21.9 Å². The molecule has 22 heavy (non-hydrogen) atoms. The standard InChI is InChI=1S/C15H12BrFN2O3/c1-7-12(15(20)21-2)13(10(6-18)14(19)22-7)9-5-8(16)3-4-11(9)17/h3-5,13H,19H2,1-2H3/t13-/m0/s1. The van der Waals surface area contributed by atoms with Gasteiger partial charge in [-0.25, -0.2) is 9.18 Å². The maximum absolute atomic E-state index is 14.2. The van der Waals surface area contributed by atoms with E-state index in [-0.39, 0.29) is 28.4 Å². The first kappa shape index (κ1) is 16.0. The Morgan fingerprint density at radius 1 is 1.55 bits per heavy atom. The summed E-state index contributed by atoms with van der Waals surface area (Å²) < 4.78 is 24.8. The smallest absolute Gasteiger partial charge is 0.338 e. The molecule has 0 saturated heterocycles. The van der Waals surface area contributed by atoms with Gasteiger partial charge in [-0.2, -0.15) is 5.26 Å². The number of rotatable bonds is 2. The molecule has 1 atom stereocenters. The molecule has 0 fully saturated rings. The van der Waals surface area contributed by atoms with Crippen LogP contribution < -0.4 is 5.73 Å². The van der Waals surface area contributed by atoms with Crippen LogP contribution in [0.15, 0.2) is 45.5 Å². The van der Waals surface area contributed by atoms with Crippen molar-refractivity contribution in [3.63, 3.8) is 0 Å². The lowest BCUT2D eigenvalue weighted by Crippen LogP contribution is -2.25. The summed E-state index contributed by atoms with van der Waals surface area (Å²) >= 11 is 3.25. The number of carbonyl (C=O) groups excluding carboxylic acids is 1. The highest BCUT2D eigenvalue weighted by molar-refractivity contribution is 9.10. The van der Waals surface area contributed by atoms with Crippen LogP contribution in [0.25, 0.3) is 0 Å². The van der Waals surface area contributed by atoms with E-state index < -0.39 is 17.7 Å². The van der Waals surface area contributed by atoms with Gasteiger partial charge >= 0.3 is 5.97 Å². The molecule has 1 aliphatic rings. The molecule has 1 aromatic rings. The zero-order chi connectivity index (χ0) is 16.4. The molecule has 0 radical (unpaired) electrons. The van der Waals surface area contributed by atoms with E-state index in [1.54, 1.807) is 0 Å². The van der Waals surface area contributed by atoms with Gasteiger partial charge in [0.2, 0.25) is 5.88 Å². The van der Waals surface area contributed by atoms with E-state index in [0.29, 0.717) is 4.47 Å². The van der Waals surface area contributed by atoms with Crippen molar-refractivity contribution in [2.75, 3.05) is 7.11 Å². The average Bonchev–Trinajstić information content (AvgIpc) is 2.48. The molecule has 0 aromatic heterocycles. The third-order valence-corrected chi connectivity index (χ3v) is 3.77. The van der Waals surface area contributed by atoms with Gasteiger partial charge in [0.1, 0.15) is 23.2 Å². The first-order chi connectivity index (χ1) is 10.4. The number of methoxy groups -OCH3 is 1. The minimum Gasteiger partial charge on any atom is -0.466 e. The van der Waals surface area contributed by atoms with E-state index in [0.717, 1.165) is 0 Å². The molecule has 0 bridgehead atoms. The van der Waals surface area contributed by atoms with E-state index in [1.807, 2.05) is 6.07 Å². The fourth-order valence-corrected chi connectivity index (χ4v) is 2.68. The topological polar surface area (TPSA) is 85.3 Å². The molecule has 1 aliphatic heterocycles. The van der Waals surface area contributed by atoms with Crippen LogP contribution in [0.2, 0.25) is 0 Å². The maximum atomic E-state index is 14.2. The molecule has 0 saturated carbocycles. The molecule has 114 valence electrons. The number of nitrogens with zero attached hydrogens (tertiary/aromatic N) is 1. The Labute approximate surface area is 134 Å². The van der Waals surface area contributed by atoms with Crippen molar-refractivity contribution in [3.05, 3.63) is 56.8 Å². The number of hydrogen-bond donors (Lipinski definition) is 1. The van der Waals surface area contributed by atoms with Crippen molar-refractivity contribution in [1.29, 1.82) is 5.26 Å². The number of carbonyl (C=O) groups is 1. The predicted molar refractivity (Wildman–Crippen MR) is 79.5 cm³/mol. The zero-order valence-corrected chi connectivity index (χ0v) is 13.4. The predicted octanol–water partition coefficient (Wildman–Crippen LogP) is 2.84. The summed E-state index contributed by atoms with van der Waals surface area (Å²) in [6.45, 7) is 1.51. The fraction of sp³-hybridized carbons (Fsp3) is 0.200. The van der Waals surface area contributed by atoms with Gasteiger partial charge in [0, 0.05) is 10.0 Å². The van der Waals surface area contributed by atoms with Gasteiger partial charge in [-0.3, -0.25) is 0 Å². The van der Waals surface area contributed by atoms with Crippen LogP contribution in [0, 0.1) is 17.1 Å². The Bertz CT molecular complexity index is 750. The van der Waals surface area contributed by atoms with Crippen molar-refractivity contribution < 1.29 is 18.7 Å². The third-order valence-electron chi connectivity index (χ3n) is 3.28. The van der Waals surface area contributed by atoms with Crippen molar-refractivity contribution in [3.8, 4) is 6.07 Å². The molecule has 1 aromatic carbocycles. The van der Waals surface area contributed by atoms with Crippen LogP contribution >= 0.6 is 15.9 Å². The summed E-state index contributed by atoms with van der Waals surface area (Å²) in [5, 5.41) is 9.34. The normalized spacial score (nSPS) is 17.9. The quantitative estimate of drug-likeness (QED) is 0.813. The summed E-state index contributed by atoms with van der Waals surface area (Å²) in [4.78, 5) is 12.1. The number of ether oxygens (including phenoxy) is 2. The summed E-state index contributed by atoms with van der Waals surface area (Å²) in [5.74, 6) is -2.24. The van der Waals surface area contributed by atoms with Gasteiger partial charge in [-0.05, 0) is 25.1 Å². The Balaban J connectivity index is 2.74. The minimum absolute atomic E-state index is 0.0389. The molecule has 0 amide bonds. The second kappa shape index (κ2) is 6.20. The molecule has 0 aliphatic carbocycles. The number of esters is 1. The van der Waals surface area contributed by atoms with E-state index in [4.69, 9.17) is 15.2 Å². The number of hydrogen-bond acceptors (Lipinski definition) is 5. The highest BCUT2D eigenvalue weighted by atomic mass is 79.9. The summed E-state index contributed by atoms with van der Waals surface area (Å²) in [5.41, 5.74) is 5.86. The van der Waals surface area contributed by atoms with Gasteiger partial charge in [0.15, 0.2) is 0 Å². The third kappa shape index (κ3) is 2.70. The molecule has 2 rings (SSSR count). The monoisotopic (exact) mass is 366 g/mol. The van der Waals surface area contributed by atoms with E-state index in [2.05, 4.69) is 15.9 Å². The Kier molecular flexibility index (Phi) is 4.52. The summed E-state index contributed by atoms with van der Waals surface area (Å²) in [6, 6.07) is 6.14. The lowest BCUT2D eigenvalue weighted by atomic mass is 9.83. The first-order valence-corrected chi connectivity index (χ1v) is 7.01. The van der Waals surface area contributed by atoms with Crippen LogP contribution in [0.4, 0.5) is 4.39 Å². The molecule has 0 unspecified atom stereocenters. The van der Waals surface area contributed by atoms with Gasteiger partial charge in [0.25, 0.3) is 0 Å². The number of benzene rings is 1. The number of nitrogens with two attached hydrogens (primary N) is 1. The highest BCUT2D eigenvalue weighted by Gasteiger charge is 2.37. The van der Waals surface area contributed by atoms with Crippen LogP contribution in [-0.4, -0.2) is 13.1 Å². The Morgan fingerprint density at radius 3 is 2.82 bits per heavy atom. The van der Waals surface area contributed by atoms with Crippen molar-refractivity contribution in [2.24, 2.45) is 5.73 Å². The Morgan fingerprint density at radius 2 is 2.23 bits per heavy atom. The second-order valence-corrected chi connectivity index (χ2v) is 5.47. The van der Waals surface area contributed by atoms with Gasteiger partial charge in [0.05, 0.1) is 18.6 Å². The number of nitriles is 1. The molecule has 1 heterocycles. The molecule has 2 N–H and O–H groups in total. The molecule has 5 nitrogen and oxygen atoms in total. The van der Waals surface area contributed by atoms with Gasteiger partial charge < -0.3 is 15.2 Å². The molecule has 7 heteroatoms. The van der Waals surface area contributed by atoms with Crippen molar-refractivity contribution in [1.82, 2.24) is 0 Å². The number of halogens is 2. The fourth-order valence-electron chi connectivity index (χ4n) is 2.30. The molecular formula is C15H12BrFN2O3. The van der Waals surface area contributed by atoms with E-state index >= 15 is 0 Å². The van der Waals surface area contributed by atoms with Crippen LogP contribution in [0.1, 0.15) is 18.4 Å². The highest BCUT2D eigenvalue weighted by Crippen LogP contribution is 2.41. The van der Waals surface area contributed by atoms with Gasteiger partial charge in [-0.1, -0.05) is 15.9 Å². The Hall–Kier alpha value is -2.33. The average molecular weight is 367 g/mol. The van der Waals surface area contributed by atoms with Crippen LogP contribution in [0.5, 0.6) is 0 Å². The van der Waals surface area contributed by atoms with Crippen LogP contribution in [-0.2, 0) is 14.3 Å². The summed E-state index contributed by atoms with van der Waals surface area (Å²) in [6.07, 6.45) is 0. The van der Waals surface area contributed by atoms with Gasteiger partial charge in [-0.15, -0.1) is 0 Å². The SMILES string of the molecule is COC(=O)C1=C(C)OC(N)=C(C#N)[C@@H]1c1cc(Br)ccc1F. The largest absolute Gasteiger partial charge is 0.466 e. The molecule has 0 spiro atoms. The maximum Gasteiger partial charge on any atom is 0.338 e. The number of allylic oxidation sites excluding steroid dienone is 2. The van der Waals surface area contributed by atoms with E-state index in [1.165, 1.54) is 32.2 Å². The first-order valence-electron chi connectivity index (χ1n) is 6.22. The zero-order valence-electron chi connectivity index (χ0n) is 11.8. The lowest BCUT2D eigenvalue weighted by molar-refractivity contribution is -0.136. The summed E-state index contributed by atoms with van der Waals surface area (Å²) in [7, 11) is 1.20.